The molecule has 2 aromatic rings. The Morgan fingerprint density at radius 2 is 1.86 bits per heavy atom. The molecular weight excluding hydrogens is 268 g/mol. The van der Waals surface area contributed by atoms with Crippen molar-refractivity contribution in [3.8, 4) is 0 Å². The Bertz CT molecular complexity index is 723. The Balaban J connectivity index is 2.34. The van der Waals surface area contributed by atoms with E-state index in [-0.39, 0.29) is 11.5 Å². The number of hydrogen-bond acceptors (Lipinski definition) is 3. The van der Waals surface area contributed by atoms with Crippen LogP contribution in [0.3, 0.4) is 0 Å². The van der Waals surface area contributed by atoms with Crippen LogP contribution in [0.5, 0.6) is 0 Å². The van der Waals surface area contributed by atoms with Gasteiger partial charge >= 0.3 is 5.97 Å². The maximum Gasteiger partial charge on any atom is 0.336 e. The van der Waals surface area contributed by atoms with Crippen molar-refractivity contribution in [1.29, 1.82) is 0 Å². The molecule has 21 heavy (non-hydrogen) atoms. The molecule has 0 atom stereocenters. The first-order valence-corrected chi connectivity index (χ1v) is 6.47. The number of hydrogen-bond donors (Lipinski definition) is 2. The topological polar surface area (TPSA) is 79.3 Å². The minimum atomic E-state index is -1.01. The summed E-state index contributed by atoms with van der Waals surface area (Å²) in [4.78, 5) is 27.4. The molecule has 5 heteroatoms. The van der Waals surface area contributed by atoms with Crippen LogP contribution in [0.4, 0.5) is 5.69 Å². The van der Waals surface area contributed by atoms with Gasteiger partial charge in [-0.15, -0.1) is 0 Å². The lowest BCUT2D eigenvalue weighted by Gasteiger charge is -2.11. The van der Waals surface area contributed by atoms with Crippen LogP contribution in [0, 0.1) is 20.8 Å². The second kappa shape index (κ2) is 5.75. The van der Waals surface area contributed by atoms with E-state index in [1.54, 1.807) is 38.2 Å². The highest BCUT2D eigenvalue weighted by atomic mass is 16.4. The van der Waals surface area contributed by atoms with E-state index in [4.69, 9.17) is 0 Å². The van der Waals surface area contributed by atoms with Crippen LogP contribution in [0.1, 0.15) is 37.5 Å². The number of carbonyl (C=O) groups is 2. The number of aryl methyl sites for hydroxylation is 2. The van der Waals surface area contributed by atoms with Crippen molar-refractivity contribution in [3.05, 3.63) is 58.4 Å². The predicted octanol–water partition coefficient (Wildman–Crippen LogP) is 2.96. The van der Waals surface area contributed by atoms with Crippen molar-refractivity contribution in [1.82, 2.24) is 4.98 Å². The molecule has 1 amide bonds. The fourth-order valence-electron chi connectivity index (χ4n) is 2.07. The molecule has 1 aromatic heterocycles. The average Bonchev–Trinajstić information content (AvgIpc) is 2.42. The summed E-state index contributed by atoms with van der Waals surface area (Å²) in [5.41, 5.74) is 3.22. The minimum absolute atomic E-state index is 0.183. The molecule has 2 rings (SSSR count). The summed E-state index contributed by atoms with van der Waals surface area (Å²) in [6.45, 7) is 5.35. The Morgan fingerprint density at radius 1 is 1.14 bits per heavy atom. The van der Waals surface area contributed by atoms with Gasteiger partial charge in [0.1, 0.15) is 5.69 Å². The number of carboxylic acid groups (broad SMARTS) is 1. The zero-order valence-corrected chi connectivity index (χ0v) is 12.1. The summed E-state index contributed by atoms with van der Waals surface area (Å²) in [5.74, 6) is -1.37. The van der Waals surface area contributed by atoms with E-state index in [9.17, 15) is 14.7 Å². The molecule has 2 N–H and O–H groups in total. The van der Waals surface area contributed by atoms with Crippen molar-refractivity contribution >= 4 is 17.6 Å². The number of carbonyl (C=O) groups excluding carboxylic acids is 1. The fraction of sp³-hybridized carbons (Fsp3) is 0.188. The number of nitrogens with zero attached hydrogens (tertiary/aromatic N) is 1. The number of amides is 1. The first-order chi connectivity index (χ1) is 9.90. The van der Waals surface area contributed by atoms with Gasteiger partial charge in [0.15, 0.2) is 0 Å². The van der Waals surface area contributed by atoms with Crippen molar-refractivity contribution < 1.29 is 14.7 Å². The molecule has 0 aliphatic heterocycles. The van der Waals surface area contributed by atoms with Crippen molar-refractivity contribution in [2.75, 3.05) is 5.32 Å². The Hall–Kier alpha value is -2.69. The zero-order chi connectivity index (χ0) is 15.6. The smallest absolute Gasteiger partial charge is 0.336 e. The second-order valence-electron chi connectivity index (χ2n) is 4.89. The average molecular weight is 284 g/mol. The first-order valence-electron chi connectivity index (χ1n) is 6.47. The maximum absolute atomic E-state index is 12.2. The van der Waals surface area contributed by atoms with Gasteiger partial charge in [0.2, 0.25) is 0 Å². The van der Waals surface area contributed by atoms with Crippen LogP contribution in [0.25, 0.3) is 0 Å². The number of carboxylic acids is 1. The quantitative estimate of drug-likeness (QED) is 0.908. The van der Waals surface area contributed by atoms with Gasteiger partial charge in [-0.2, -0.15) is 0 Å². The molecule has 0 spiro atoms. The van der Waals surface area contributed by atoms with Crippen LogP contribution in [-0.4, -0.2) is 22.0 Å². The van der Waals surface area contributed by atoms with Gasteiger partial charge in [0.25, 0.3) is 5.91 Å². The van der Waals surface area contributed by atoms with Crippen LogP contribution in [0.15, 0.2) is 30.5 Å². The fourth-order valence-corrected chi connectivity index (χ4v) is 2.07. The highest BCUT2D eigenvalue weighted by Gasteiger charge is 2.14. The van der Waals surface area contributed by atoms with Crippen LogP contribution in [0.2, 0.25) is 0 Å². The Kier molecular flexibility index (Phi) is 4.03. The molecule has 1 heterocycles. The lowest BCUT2D eigenvalue weighted by atomic mass is 10.0. The molecule has 1 aromatic carbocycles. The summed E-state index contributed by atoms with van der Waals surface area (Å²) in [6, 6.07) is 6.76. The predicted molar refractivity (Wildman–Crippen MR) is 79.8 cm³/mol. The summed E-state index contributed by atoms with van der Waals surface area (Å²) in [7, 11) is 0. The molecular formula is C16H16N2O3. The highest BCUT2D eigenvalue weighted by Crippen LogP contribution is 2.20. The Labute approximate surface area is 122 Å². The number of benzene rings is 1. The third-order valence-electron chi connectivity index (χ3n) is 3.38. The van der Waals surface area contributed by atoms with E-state index in [0.717, 1.165) is 11.1 Å². The van der Waals surface area contributed by atoms with Gasteiger partial charge in [0, 0.05) is 11.9 Å². The number of anilines is 1. The first kappa shape index (κ1) is 14.7. The van der Waals surface area contributed by atoms with Gasteiger partial charge in [-0.25, -0.2) is 4.79 Å². The molecule has 0 bridgehead atoms. The minimum Gasteiger partial charge on any atom is -0.478 e. The zero-order valence-electron chi connectivity index (χ0n) is 12.1. The van der Waals surface area contributed by atoms with E-state index >= 15 is 0 Å². The lowest BCUT2D eigenvalue weighted by Crippen LogP contribution is -2.16. The van der Waals surface area contributed by atoms with Gasteiger partial charge in [-0.05, 0) is 55.7 Å². The molecule has 0 aliphatic carbocycles. The molecule has 0 fully saturated rings. The monoisotopic (exact) mass is 284 g/mol. The summed E-state index contributed by atoms with van der Waals surface area (Å²) >= 11 is 0. The lowest BCUT2D eigenvalue weighted by molar-refractivity contribution is 0.0695. The van der Waals surface area contributed by atoms with Crippen LogP contribution in [-0.2, 0) is 0 Å². The van der Waals surface area contributed by atoms with E-state index in [2.05, 4.69) is 10.3 Å². The molecule has 0 saturated carbocycles. The third-order valence-corrected chi connectivity index (χ3v) is 3.38. The summed E-state index contributed by atoms with van der Waals surface area (Å²) < 4.78 is 0. The van der Waals surface area contributed by atoms with Gasteiger partial charge in [-0.1, -0.05) is 6.07 Å². The highest BCUT2D eigenvalue weighted by molar-refractivity contribution is 6.04. The number of aromatic carboxylic acids is 1. The van der Waals surface area contributed by atoms with Crippen LogP contribution >= 0.6 is 0 Å². The molecule has 0 saturated heterocycles. The summed E-state index contributed by atoms with van der Waals surface area (Å²) in [6.07, 6.45) is 1.55. The third kappa shape index (κ3) is 3.08. The molecule has 108 valence electrons. The molecule has 0 radical (unpaired) electrons. The maximum atomic E-state index is 12.2. The number of aromatic nitrogens is 1. The number of rotatable bonds is 3. The van der Waals surface area contributed by atoms with Crippen LogP contribution < -0.4 is 5.32 Å². The van der Waals surface area contributed by atoms with E-state index in [1.807, 2.05) is 6.92 Å². The SMILES string of the molecule is Cc1cccnc1C(=O)Nc1cc(C)c(C)c(C(=O)O)c1. The van der Waals surface area contributed by atoms with Crippen molar-refractivity contribution in [3.63, 3.8) is 0 Å². The summed E-state index contributed by atoms with van der Waals surface area (Å²) in [5, 5.41) is 11.9. The normalized spacial score (nSPS) is 10.2. The van der Waals surface area contributed by atoms with Crippen molar-refractivity contribution in [2.24, 2.45) is 0 Å². The van der Waals surface area contributed by atoms with E-state index in [1.165, 1.54) is 6.07 Å². The largest absolute Gasteiger partial charge is 0.478 e. The van der Waals surface area contributed by atoms with Gasteiger partial charge in [-0.3, -0.25) is 9.78 Å². The molecule has 0 aliphatic rings. The number of nitrogens with one attached hydrogen (secondary N) is 1. The molecule has 0 unspecified atom stereocenters. The molecule has 5 nitrogen and oxygen atoms in total. The van der Waals surface area contributed by atoms with E-state index in [0.29, 0.717) is 16.9 Å². The number of pyridine rings is 1. The Morgan fingerprint density at radius 3 is 2.48 bits per heavy atom. The van der Waals surface area contributed by atoms with Gasteiger partial charge in [0.05, 0.1) is 5.56 Å². The van der Waals surface area contributed by atoms with E-state index < -0.39 is 5.97 Å². The van der Waals surface area contributed by atoms with Gasteiger partial charge < -0.3 is 10.4 Å². The second-order valence-corrected chi connectivity index (χ2v) is 4.89. The van der Waals surface area contributed by atoms with Crippen molar-refractivity contribution in [2.45, 2.75) is 20.8 Å². The standard InChI is InChI=1S/C16H16N2O3/c1-9-5-4-6-17-14(9)15(19)18-12-7-10(2)11(3)13(8-12)16(20)21/h4-8H,1-3H3,(H,18,19)(H,20,21).